The van der Waals surface area contributed by atoms with Gasteiger partial charge >= 0.3 is 0 Å². The Morgan fingerprint density at radius 1 is 0.955 bits per heavy atom. The van der Waals surface area contributed by atoms with Gasteiger partial charge in [0, 0.05) is 24.6 Å². The van der Waals surface area contributed by atoms with Gasteiger partial charge < -0.3 is 10.2 Å². The van der Waals surface area contributed by atoms with Crippen LogP contribution in [0.3, 0.4) is 0 Å². The van der Waals surface area contributed by atoms with Crippen molar-refractivity contribution in [3.05, 3.63) is 54.4 Å². The first-order chi connectivity index (χ1) is 10.7. The van der Waals surface area contributed by atoms with Crippen LogP contribution in [-0.4, -0.2) is 40.5 Å². The topological polar surface area (TPSA) is 53.9 Å². The molecule has 0 saturated carbocycles. The molecular weight excluding hydrogens is 274 g/mol. The van der Waals surface area contributed by atoms with Gasteiger partial charge in [0.2, 0.25) is 0 Å². The van der Waals surface area contributed by atoms with Crippen LogP contribution < -0.4 is 5.32 Å². The zero-order valence-electron chi connectivity index (χ0n) is 12.8. The van der Waals surface area contributed by atoms with Crippen LogP contribution in [-0.2, 0) is 6.42 Å². The second-order valence-electron chi connectivity index (χ2n) is 5.47. The second-order valence-corrected chi connectivity index (χ2v) is 5.47. The molecule has 2 aromatic heterocycles. The Morgan fingerprint density at radius 2 is 1.73 bits per heavy atom. The molecule has 3 aromatic rings. The number of pyridine rings is 1. The van der Waals surface area contributed by atoms with Gasteiger partial charge in [0.1, 0.15) is 11.3 Å². The summed E-state index contributed by atoms with van der Waals surface area (Å²) in [6.07, 6.45) is 4.37. The van der Waals surface area contributed by atoms with Gasteiger partial charge in [-0.1, -0.05) is 12.1 Å². The SMILES string of the molecule is CN(C)CCc1ccc(Nc2ccc3nccnc3n2)cc1. The predicted octanol–water partition coefficient (Wildman–Crippen LogP) is 2.87. The lowest BCUT2D eigenvalue weighted by molar-refractivity contribution is 0.413. The zero-order chi connectivity index (χ0) is 15.4. The summed E-state index contributed by atoms with van der Waals surface area (Å²) in [6, 6.07) is 12.3. The van der Waals surface area contributed by atoms with E-state index < -0.39 is 0 Å². The number of hydrogen-bond acceptors (Lipinski definition) is 5. The summed E-state index contributed by atoms with van der Waals surface area (Å²) < 4.78 is 0. The number of anilines is 2. The first-order valence-electron chi connectivity index (χ1n) is 7.29. The summed E-state index contributed by atoms with van der Waals surface area (Å²) in [5.74, 6) is 0.772. The van der Waals surface area contributed by atoms with E-state index in [-0.39, 0.29) is 0 Å². The van der Waals surface area contributed by atoms with E-state index in [1.807, 2.05) is 12.1 Å². The van der Waals surface area contributed by atoms with Crippen molar-refractivity contribution in [3.8, 4) is 0 Å². The van der Waals surface area contributed by atoms with E-state index in [9.17, 15) is 0 Å². The fraction of sp³-hybridized carbons (Fsp3) is 0.235. The lowest BCUT2D eigenvalue weighted by Gasteiger charge is -2.10. The van der Waals surface area contributed by atoms with Crippen molar-refractivity contribution in [2.24, 2.45) is 0 Å². The molecule has 0 aliphatic carbocycles. The van der Waals surface area contributed by atoms with Gasteiger partial charge in [0.15, 0.2) is 5.65 Å². The molecule has 0 atom stereocenters. The Kier molecular flexibility index (Phi) is 4.25. The molecule has 0 radical (unpaired) electrons. The van der Waals surface area contributed by atoms with Crippen LogP contribution in [0.5, 0.6) is 0 Å². The molecular formula is C17H19N5. The quantitative estimate of drug-likeness (QED) is 0.784. The lowest BCUT2D eigenvalue weighted by Crippen LogP contribution is -2.14. The van der Waals surface area contributed by atoms with Crippen molar-refractivity contribution in [2.75, 3.05) is 26.0 Å². The molecule has 2 heterocycles. The average molecular weight is 293 g/mol. The molecule has 0 saturated heterocycles. The van der Waals surface area contributed by atoms with Crippen LogP contribution in [0, 0.1) is 0 Å². The highest BCUT2D eigenvalue weighted by molar-refractivity contribution is 5.72. The maximum absolute atomic E-state index is 4.46. The highest BCUT2D eigenvalue weighted by Gasteiger charge is 2.01. The number of benzene rings is 1. The highest BCUT2D eigenvalue weighted by Crippen LogP contribution is 2.17. The molecule has 3 rings (SSSR count). The van der Waals surface area contributed by atoms with E-state index in [0.717, 1.165) is 30.0 Å². The van der Waals surface area contributed by atoms with Crippen molar-refractivity contribution >= 4 is 22.7 Å². The maximum Gasteiger partial charge on any atom is 0.180 e. The predicted molar refractivity (Wildman–Crippen MR) is 89.3 cm³/mol. The third kappa shape index (κ3) is 3.56. The third-order valence-electron chi connectivity index (χ3n) is 3.41. The van der Waals surface area contributed by atoms with Crippen molar-refractivity contribution in [1.82, 2.24) is 19.9 Å². The number of rotatable bonds is 5. The van der Waals surface area contributed by atoms with Gasteiger partial charge in [-0.25, -0.2) is 9.97 Å². The first kappa shape index (κ1) is 14.4. The molecule has 0 unspecified atom stereocenters. The lowest BCUT2D eigenvalue weighted by atomic mass is 10.1. The molecule has 5 nitrogen and oxygen atoms in total. The van der Waals surface area contributed by atoms with Gasteiger partial charge in [-0.3, -0.25) is 4.98 Å². The highest BCUT2D eigenvalue weighted by atomic mass is 15.0. The number of nitrogens with one attached hydrogen (secondary N) is 1. The van der Waals surface area contributed by atoms with Crippen molar-refractivity contribution in [3.63, 3.8) is 0 Å². The summed E-state index contributed by atoms with van der Waals surface area (Å²) in [6.45, 7) is 1.05. The number of aromatic nitrogens is 3. The van der Waals surface area contributed by atoms with Gasteiger partial charge in [-0.2, -0.15) is 0 Å². The Labute approximate surface area is 130 Å². The van der Waals surface area contributed by atoms with Gasteiger partial charge in [0.05, 0.1) is 0 Å². The Bertz CT molecular complexity index is 752. The Morgan fingerprint density at radius 3 is 2.50 bits per heavy atom. The van der Waals surface area contributed by atoms with Crippen LogP contribution in [0.4, 0.5) is 11.5 Å². The van der Waals surface area contributed by atoms with E-state index >= 15 is 0 Å². The molecule has 22 heavy (non-hydrogen) atoms. The second kappa shape index (κ2) is 6.49. The van der Waals surface area contributed by atoms with Crippen LogP contribution in [0.15, 0.2) is 48.8 Å². The summed E-state index contributed by atoms with van der Waals surface area (Å²) in [5.41, 5.74) is 3.79. The molecule has 112 valence electrons. The Balaban J connectivity index is 1.71. The van der Waals surface area contributed by atoms with Crippen LogP contribution in [0.25, 0.3) is 11.2 Å². The number of nitrogens with zero attached hydrogens (tertiary/aromatic N) is 4. The molecule has 0 bridgehead atoms. The van der Waals surface area contributed by atoms with Crippen molar-refractivity contribution in [1.29, 1.82) is 0 Å². The summed E-state index contributed by atoms with van der Waals surface area (Å²) in [7, 11) is 4.18. The number of fused-ring (bicyclic) bond motifs is 1. The van der Waals surface area contributed by atoms with Crippen LogP contribution >= 0.6 is 0 Å². The van der Waals surface area contributed by atoms with Gasteiger partial charge in [-0.15, -0.1) is 0 Å². The first-order valence-corrected chi connectivity index (χ1v) is 7.29. The van der Waals surface area contributed by atoms with E-state index in [1.54, 1.807) is 12.4 Å². The molecule has 1 aromatic carbocycles. The minimum atomic E-state index is 0.648. The average Bonchev–Trinajstić information content (AvgIpc) is 2.54. The molecule has 5 heteroatoms. The molecule has 0 aliphatic heterocycles. The molecule has 0 spiro atoms. The van der Waals surface area contributed by atoms with E-state index in [1.165, 1.54) is 5.56 Å². The van der Waals surface area contributed by atoms with Gasteiger partial charge in [0.25, 0.3) is 0 Å². The number of likely N-dealkylation sites (N-methyl/N-ethyl adjacent to an activating group) is 1. The van der Waals surface area contributed by atoms with Gasteiger partial charge in [-0.05, 0) is 50.3 Å². The largest absolute Gasteiger partial charge is 0.340 e. The van der Waals surface area contributed by atoms with Crippen LogP contribution in [0.1, 0.15) is 5.56 Å². The van der Waals surface area contributed by atoms with Crippen molar-refractivity contribution < 1.29 is 0 Å². The van der Waals surface area contributed by atoms with E-state index in [0.29, 0.717) is 5.65 Å². The molecule has 0 aliphatic rings. The summed E-state index contributed by atoms with van der Waals surface area (Å²) in [4.78, 5) is 15.1. The maximum atomic E-state index is 4.46. The smallest absolute Gasteiger partial charge is 0.180 e. The zero-order valence-corrected chi connectivity index (χ0v) is 12.8. The summed E-state index contributed by atoms with van der Waals surface area (Å²) >= 11 is 0. The van der Waals surface area contributed by atoms with Crippen LogP contribution in [0.2, 0.25) is 0 Å². The summed E-state index contributed by atoms with van der Waals surface area (Å²) in [5, 5.41) is 3.30. The fourth-order valence-electron chi connectivity index (χ4n) is 2.18. The Hall–Kier alpha value is -2.53. The molecule has 0 amide bonds. The minimum absolute atomic E-state index is 0.648. The van der Waals surface area contributed by atoms with Crippen molar-refractivity contribution in [2.45, 2.75) is 6.42 Å². The monoisotopic (exact) mass is 293 g/mol. The fourth-order valence-corrected chi connectivity index (χ4v) is 2.18. The molecule has 0 fully saturated rings. The van der Waals surface area contributed by atoms with E-state index in [2.05, 4.69) is 63.5 Å². The standard InChI is InChI=1S/C17H19N5/c1-22(2)12-9-13-3-5-14(6-4-13)20-16-8-7-15-17(21-16)19-11-10-18-15/h3-8,10-11H,9,12H2,1-2H3,(H,19,20,21). The number of hydrogen-bond donors (Lipinski definition) is 1. The molecule has 1 N–H and O–H groups in total. The third-order valence-corrected chi connectivity index (χ3v) is 3.41. The van der Waals surface area contributed by atoms with E-state index in [4.69, 9.17) is 0 Å². The minimum Gasteiger partial charge on any atom is -0.340 e. The normalized spacial score (nSPS) is 11.0.